The van der Waals surface area contributed by atoms with Gasteiger partial charge in [-0.1, -0.05) is 0 Å². The van der Waals surface area contributed by atoms with Crippen molar-refractivity contribution in [3.63, 3.8) is 0 Å². The molecule has 1 aliphatic heterocycles. The van der Waals surface area contributed by atoms with Crippen molar-refractivity contribution in [1.82, 2.24) is 21.3 Å². The second kappa shape index (κ2) is 12.2. The molecule has 176 valence electrons. The Labute approximate surface area is 179 Å². The zero-order valence-electron chi connectivity index (χ0n) is 17.5. The number of carbonyl (C=O) groups is 5. The second-order valence-electron chi connectivity index (χ2n) is 7.51. The monoisotopic (exact) mass is 445 g/mol. The molecule has 0 aromatic heterocycles. The maximum absolute atomic E-state index is 12.7. The van der Waals surface area contributed by atoms with Crippen molar-refractivity contribution in [1.29, 1.82) is 0 Å². The number of aliphatic hydroxyl groups excluding tert-OH is 2. The molecule has 0 aromatic carbocycles. The Bertz CT molecular complexity index is 678. The highest BCUT2D eigenvalue weighted by Gasteiger charge is 2.34. The minimum Gasteiger partial charge on any atom is -0.480 e. The average Bonchev–Trinajstić information content (AvgIpc) is 3.20. The third kappa shape index (κ3) is 8.47. The number of carboxylic acids is 1. The van der Waals surface area contributed by atoms with Gasteiger partial charge in [-0.3, -0.25) is 19.2 Å². The Morgan fingerprint density at radius 1 is 1.00 bits per heavy atom. The molecule has 1 saturated heterocycles. The van der Waals surface area contributed by atoms with Crippen LogP contribution in [-0.4, -0.2) is 87.8 Å². The number of hydrogen-bond acceptors (Lipinski definition) is 8. The van der Waals surface area contributed by atoms with Crippen molar-refractivity contribution in [2.45, 2.75) is 75.9 Å². The highest BCUT2D eigenvalue weighted by molar-refractivity contribution is 5.94. The number of nitrogens with one attached hydrogen (secondary N) is 4. The van der Waals surface area contributed by atoms with Gasteiger partial charge in [-0.25, -0.2) is 4.79 Å². The summed E-state index contributed by atoms with van der Waals surface area (Å²) in [6.45, 7) is 3.08. The van der Waals surface area contributed by atoms with Gasteiger partial charge in [0.15, 0.2) is 6.04 Å². The molecule has 0 radical (unpaired) electrons. The minimum atomic E-state index is -1.65. The number of primary amides is 1. The molecule has 9 N–H and O–H groups in total. The zero-order chi connectivity index (χ0) is 23.7. The molecule has 0 spiro atoms. The number of carboxylic acid groups (broad SMARTS) is 1. The van der Waals surface area contributed by atoms with Gasteiger partial charge in [0.25, 0.3) is 0 Å². The van der Waals surface area contributed by atoms with Gasteiger partial charge < -0.3 is 42.3 Å². The standard InChI is InChI=1S/C18H31N5O8/c1-8(24)13(22-15(27)10-4-3-7-20-10)17(29)21-11(5-6-12(19)26)16(28)23-14(9(2)25)18(30)31/h8-11,13-14,20,24-25H,3-7H2,1-2H3,(H2,19,26)(H,21,29)(H,22,27)(H,23,28)(H,30,31). The second-order valence-corrected chi connectivity index (χ2v) is 7.51. The number of aliphatic hydroxyl groups is 2. The lowest BCUT2D eigenvalue weighted by Gasteiger charge is -2.26. The summed E-state index contributed by atoms with van der Waals surface area (Å²) in [6, 6.07) is -4.96. The van der Waals surface area contributed by atoms with Crippen LogP contribution in [0, 0.1) is 0 Å². The van der Waals surface area contributed by atoms with E-state index in [2.05, 4.69) is 21.3 Å². The molecule has 1 rings (SSSR count). The van der Waals surface area contributed by atoms with Gasteiger partial charge in [-0.05, 0) is 39.7 Å². The smallest absolute Gasteiger partial charge is 0.328 e. The maximum atomic E-state index is 12.7. The van der Waals surface area contributed by atoms with E-state index in [0.717, 1.165) is 13.3 Å². The number of nitrogens with two attached hydrogens (primary N) is 1. The molecule has 0 bridgehead atoms. The Kier molecular flexibility index (Phi) is 10.3. The van der Waals surface area contributed by atoms with Gasteiger partial charge in [-0.15, -0.1) is 0 Å². The molecule has 0 aromatic rings. The third-order valence-corrected chi connectivity index (χ3v) is 4.80. The van der Waals surface area contributed by atoms with Crippen molar-refractivity contribution in [3.05, 3.63) is 0 Å². The van der Waals surface area contributed by atoms with Crippen molar-refractivity contribution in [3.8, 4) is 0 Å². The molecule has 6 unspecified atom stereocenters. The van der Waals surface area contributed by atoms with Gasteiger partial charge in [-0.2, -0.15) is 0 Å². The van der Waals surface area contributed by atoms with E-state index in [1.54, 1.807) is 0 Å². The topological polar surface area (TPSA) is 220 Å². The summed E-state index contributed by atoms with van der Waals surface area (Å²) in [4.78, 5) is 59.8. The Morgan fingerprint density at radius 2 is 1.61 bits per heavy atom. The van der Waals surface area contributed by atoms with Crippen LogP contribution in [-0.2, 0) is 24.0 Å². The Morgan fingerprint density at radius 3 is 2.06 bits per heavy atom. The van der Waals surface area contributed by atoms with Crippen LogP contribution in [0.3, 0.4) is 0 Å². The van der Waals surface area contributed by atoms with Crippen molar-refractivity contribution >= 4 is 29.6 Å². The first-order chi connectivity index (χ1) is 14.4. The number of aliphatic carboxylic acids is 1. The zero-order valence-corrected chi connectivity index (χ0v) is 17.5. The molecule has 6 atom stereocenters. The molecule has 1 heterocycles. The van der Waals surface area contributed by atoms with Crippen molar-refractivity contribution < 1.29 is 39.3 Å². The van der Waals surface area contributed by atoms with Gasteiger partial charge in [0.05, 0.1) is 18.2 Å². The van der Waals surface area contributed by atoms with Crippen LogP contribution in [0.25, 0.3) is 0 Å². The van der Waals surface area contributed by atoms with E-state index in [1.165, 1.54) is 6.92 Å². The van der Waals surface area contributed by atoms with Gasteiger partial charge in [0, 0.05) is 6.42 Å². The van der Waals surface area contributed by atoms with E-state index >= 15 is 0 Å². The van der Waals surface area contributed by atoms with E-state index in [9.17, 15) is 34.2 Å². The molecular formula is C18H31N5O8. The van der Waals surface area contributed by atoms with Crippen LogP contribution in [0.4, 0.5) is 0 Å². The molecule has 13 heteroatoms. The molecule has 0 aliphatic carbocycles. The predicted molar refractivity (Wildman–Crippen MR) is 106 cm³/mol. The summed E-state index contributed by atoms with van der Waals surface area (Å²) in [5.41, 5.74) is 5.09. The molecule has 4 amide bonds. The normalized spacial score (nSPS) is 20.6. The first-order valence-electron chi connectivity index (χ1n) is 9.95. The van der Waals surface area contributed by atoms with Crippen LogP contribution in [0.2, 0.25) is 0 Å². The van der Waals surface area contributed by atoms with Crippen LogP contribution in [0.15, 0.2) is 0 Å². The first kappa shape index (κ1) is 26.3. The first-order valence-corrected chi connectivity index (χ1v) is 9.95. The fourth-order valence-corrected chi connectivity index (χ4v) is 3.03. The predicted octanol–water partition coefficient (Wildman–Crippen LogP) is -3.70. The fourth-order valence-electron chi connectivity index (χ4n) is 3.03. The summed E-state index contributed by atoms with van der Waals surface area (Å²) in [7, 11) is 0. The fraction of sp³-hybridized carbons (Fsp3) is 0.722. The lowest BCUT2D eigenvalue weighted by molar-refractivity contribution is -0.145. The highest BCUT2D eigenvalue weighted by Crippen LogP contribution is 2.07. The van der Waals surface area contributed by atoms with E-state index in [-0.39, 0.29) is 12.8 Å². The molecular weight excluding hydrogens is 414 g/mol. The quantitative estimate of drug-likeness (QED) is 0.148. The summed E-state index contributed by atoms with van der Waals surface area (Å²) in [6.07, 6.45) is -1.95. The van der Waals surface area contributed by atoms with E-state index in [4.69, 9.17) is 10.8 Å². The Balaban J connectivity index is 2.91. The summed E-state index contributed by atoms with van der Waals surface area (Å²) in [5, 5.41) is 38.4. The molecule has 31 heavy (non-hydrogen) atoms. The van der Waals surface area contributed by atoms with Gasteiger partial charge in [0.1, 0.15) is 12.1 Å². The Hall–Kier alpha value is -2.77. The molecule has 1 fully saturated rings. The lowest BCUT2D eigenvalue weighted by Crippen LogP contribution is -2.60. The van der Waals surface area contributed by atoms with E-state index < -0.39 is 66.0 Å². The number of amides is 4. The minimum absolute atomic E-state index is 0.260. The van der Waals surface area contributed by atoms with Crippen molar-refractivity contribution in [2.24, 2.45) is 5.73 Å². The summed E-state index contributed by atoms with van der Waals surface area (Å²) < 4.78 is 0. The average molecular weight is 445 g/mol. The van der Waals surface area contributed by atoms with Gasteiger partial charge in [0.2, 0.25) is 23.6 Å². The van der Waals surface area contributed by atoms with E-state index in [1.807, 2.05) is 0 Å². The van der Waals surface area contributed by atoms with E-state index in [0.29, 0.717) is 13.0 Å². The van der Waals surface area contributed by atoms with Crippen LogP contribution >= 0.6 is 0 Å². The van der Waals surface area contributed by atoms with Gasteiger partial charge >= 0.3 is 5.97 Å². The van der Waals surface area contributed by atoms with Crippen LogP contribution in [0.1, 0.15) is 39.5 Å². The third-order valence-electron chi connectivity index (χ3n) is 4.80. The molecule has 13 nitrogen and oxygen atoms in total. The number of hydrogen-bond donors (Lipinski definition) is 8. The van der Waals surface area contributed by atoms with Crippen LogP contribution in [0.5, 0.6) is 0 Å². The summed E-state index contributed by atoms with van der Waals surface area (Å²) in [5.74, 6) is -4.63. The van der Waals surface area contributed by atoms with Crippen LogP contribution < -0.4 is 27.0 Å². The molecule has 0 saturated carbocycles. The highest BCUT2D eigenvalue weighted by atomic mass is 16.4. The maximum Gasteiger partial charge on any atom is 0.328 e. The largest absolute Gasteiger partial charge is 0.480 e. The number of rotatable bonds is 12. The molecule has 1 aliphatic rings. The summed E-state index contributed by atoms with van der Waals surface area (Å²) >= 11 is 0. The SMILES string of the molecule is CC(O)C(NC(=O)C(CCC(N)=O)NC(=O)C(NC(=O)C1CCCN1)C(C)O)C(=O)O. The van der Waals surface area contributed by atoms with Crippen molar-refractivity contribution in [2.75, 3.05) is 6.54 Å². The lowest BCUT2D eigenvalue weighted by atomic mass is 10.1. The number of carbonyl (C=O) groups excluding carboxylic acids is 4.